The van der Waals surface area contributed by atoms with Gasteiger partial charge in [0.05, 0.1) is 25.9 Å². The molecule has 1 rings (SSSR count). The van der Waals surface area contributed by atoms with Crippen LogP contribution in [0.25, 0.3) is 0 Å². The molecule has 0 saturated heterocycles. The summed E-state index contributed by atoms with van der Waals surface area (Å²) in [4.78, 5) is 11.9. The number of methoxy groups -OCH3 is 1. The van der Waals surface area contributed by atoms with Gasteiger partial charge in [0.2, 0.25) is 0 Å². The van der Waals surface area contributed by atoms with E-state index in [2.05, 4.69) is 0 Å². The van der Waals surface area contributed by atoms with Gasteiger partial charge in [-0.05, 0) is 38.1 Å². The van der Waals surface area contributed by atoms with Crippen LogP contribution in [-0.2, 0) is 9.47 Å². The lowest BCUT2D eigenvalue weighted by molar-refractivity contribution is 0.0641. The normalized spacial score (nSPS) is 10.7. The van der Waals surface area contributed by atoms with E-state index in [9.17, 15) is 4.79 Å². The molecule has 0 aliphatic carbocycles. The third-order valence-corrected chi connectivity index (χ3v) is 2.45. The summed E-state index contributed by atoms with van der Waals surface area (Å²) in [5.74, 6) is 0.858. The molecule has 106 valence electrons. The van der Waals surface area contributed by atoms with Crippen LogP contribution in [0.15, 0.2) is 24.3 Å². The molecule has 0 radical (unpaired) electrons. The predicted octanol–water partition coefficient (Wildman–Crippen LogP) is 2.71. The number of Topliss-reactive ketones (excluding diaryl/α,β-unsaturated/α-hetero) is 1. The molecule has 0 bridgehead atoms. The van der Waals surface area contributed by atoms with Gasteiger partial charge in [-0.25, -0.2) is 0 Å². The lowest BCUT2D eigenvalue weighted by Crippen LogP contribution is -2.08. The summed E-state index contributed by atoms with van der Waals surface area (Å²) in [5, 5.41) is 0. The van der Waals surface area contributed by atoms with Crippen LogP contribution in [0.5, 0.6) is 5.75 Å². The van der Waals surface area contributed by atoms with E-state index in [0.29, 0.717) is 31.8 Å². The molecule has 0 unspecified atom stereocenters. The van der Waals surface area contributed by atoms with Crippen molar-refractivity contribution < 1.29 is 19.0 Å². The van der Waals surface area contributed by atoms with E-state index in [4.69, 9.17) is 14.2 Å². The number of ketones is 1. The minimum Gasteiger partial charge on any atom is -0.491 e. The van der Waals surface area contributed by atoms with Gasteiger partial charge in [0, 0.05) is 19.1 Å². The molecule has 19 heavy (non-hydrogen) atoms. The van der Waals surface area contributed by atoms with Crippen LogP contribution in [0.3, 0.4) is 0 Å². The number of rotatable bonds is 9. The molecule has 0 fully saturated rings. The fourth-order valence-corrected chi connectivity index (χ4v) is 1.55. The summed E-state index contributed by atoms with van der Waals surface area (Å²) < 4.78 is 15.7. The number of carbonyl (C=O) groups excluding carboxylic acids is 1. The van der Waals surface area contributed by atoms with Crippen molar-refractivity contribution in [3.05, 3.63) is 29.8 Å². The first kappa shape index (κ1) is 15.7. The lowest BCUT2D eigenvalue weighted by atomic mass is 10.1. The van der Waals surface area contributed by atoms with Crippen LogP contribution in [0.4, 0.5) is 0 Å². The van der Waals surface area contributed by atoms with Gasteiger partial charge >= 0.3 is 0 Å². The maximum atomic E-state index is 11.9. The van der Waals surface area contributed by atoms with Crippen molar-refractivity contribution in [1.82, 2.24) is 0 Å². The Morgan fingerprint density at radius 3 is 2.37 bits per heavy atom. The molecule has 0 aromatic heterocycles. The van der Waals surface area contributed by atoms with Crippen LogP contribution in [0.2, 0.25) is 0 Å². The molecule has 0 N–H and O–H groups in total. The van der Waals surface area contributed by atoms with Crippen molar-refractivity contribution in [2.24, 2.45) is 0 Å². The van der Waals surface area contributed by atoms with Gasteiger partial charge in [-0.3, -0.25) is 4.79 Å². The topological polar surface area (TPSA) is 44.8 Å². The van der Waals surface area contributed by atoms with Crippen molar-refractivity contribution >= 4 is 5.78 Å². The summed E-state index contributed by atoms with van der Waals surface area (Å²) >= 11 is 0. The van der Waals surface area contributed by atoms with Gasteiger partial charge in [-0.2, -0.15) is 0 Å². The van der Waals surface area contributed by atoms with E-state index < -0.39 is 0 Å². The molecule has 1 aromatic carbocycles. The zero-order chi connectivity index (χ0) is 14.1. The SMILES string of the molecule is COCCOCCC(=O)c1ccc(OC(C)C)cc1. The monoisotopic (exact) mass is 266 g/mol. The molecule has 0 aliphatic rings. The fraction of sp³-hybridized carbons (Fsp3) is 0.533. The van der Waals surface area contributed by atoms with Crippen molar-refractivity contribution in [2.45, 2.75) is 26.4 Å². The quantitative estimate of drug-likeness (QED) is 0.509. The Kier molecular flexibility index (Phi) is 7.15. The molecule has 0 atom stereocenters. The molecule has 4 heteroatoms. The third-order valence-electron chi connectivity index (χ3n) is 2.45. The third kappa shape index (κ3) is 6.36. The molecule has 0 aliphatic heterocycles. The van der Waals surface area contributed by atoms with Crippen molar-refractivity contribution in [3.63, 3.8) is 0 Å². The summed E-state index contributed by atoms with van der Waals surface area (Å²) in [7, 11) is 1.62. The van der Waals surface area contributed by atoms with Crippen molar-refractivity contribution in [1.29, 1.82) is 0 Å². The first-order chi connectivity index (χ1) is 9.13. The van der Waals surface area contributed by atoms with Crippen molar-refractivity contribution in [2.75, 3.05) is 26.9 Å². The van der Waals surface area contributed by atoms with E-state index >= 15 is 0 Å². The van der Waals surface area contributed by atoms with Crippen molar-refractivity contribution in [3.8, 4) is 5.75 Å². The number of benzene rings is 1. The van der Waals surface area contributed by atoms with Gasteiger partial charge in [-0.15, -0.1) is 0 Å². The number of ether oxygens (including phenoxy) is 3. The standard InChI is InChI=1S/C15H22O4/c1-12(2)19-14-6-4-13(5-7-14)15(16)8-9-18-11-10-17-3/h4-7,12H,8-11H2,1-3H3. The molecular formula is C15H22O4. The van der Waals surface area contributed by atoms with Gasteiger partial charge in [-0.1, -0.05) is 0 Å². The molecule has 0 heterocycles. The zero-order valence-corrected chi connectivity index (χ0v) is 11.8. The number of carbonyl (C=O) groups is 1. The first-order valence-corrected chi connectivity index (χ1v) is 6.50. The molecule has 1 aromatic rings. The van der Waals surface area contributed by atoms with E-state index in [-0.39, 0.29) is 11.9 Å². The Bertz CT molecular complexity index is 370. The summed E-state index contributed by atoms with van der Waals surface area (Å²) in [6, 6.07) is 7.21. The van der Waals surface area contributed by atoms with Crippen LogP contribution in [-0.4, -0.2) is 38.8 Å². The predicted molar refractivity (Wildman–Crippen MR) is 73.8 cm³/mol. The fourth-order valence-electron chi connectivity index (χ4n) is 1.55. The molecule has 0 spiro atoms. The second-order valence-corrected chi connectivity index (χ2v) is 4.47. The Labute approximate surface area is 114 Å². The van der Waals surface area contributed by atoms with Crippen LogP contribution in [0.1, 0.15) is 30.6 Å². The average Bonchev–Trinajstić information content (AvgIpc) is 2.38. The minimum absolute atomic E-state index is 0.0773. The van der Waals surface area contributed by atoms with Crippen LogP contribution in [0, 0.1) is 0 Å². The maximum absolute atomic E-state index is 11.9. The molecular weight excluding hydrogens is 244 g/mol. The molecule has 4 nitrogen and oxygen atoms in total. The average molecular weight is 266 g/mol. The molecule has 0 amide bonds. The van der Waals surface area contributed by atoms with Gasteiger partial charge < -0.3 is 14.2 Å². The van der Waals surface area contributed by atoms with E-state index in [1.165, 1.54) is 0 Å². The highest BCUT2D eigenvalue weighted by atomic mass is 16.5. The minimum atomic E-state index is 0.0773. The molecule has 0 saturated carbocycles. The van der Waals surface area contributed by atoms with Gasteiger partial charge in [0.1, 0.15) is 5.75 Å². The lowest BCUT2D eigenvalue weighted by Gasteiger charge is -2.09. The summed E-state index contributed by atoms with van der Waals surface area (Å²) in [5.41, 5.74) is 0.687. The van der Waals surface area contributed by atoms with E-state index in [0.717, 1.165) is 5.75 Å². The van der Waals surface area contributed by atoms with Gasteiger partial charge in [0.25, 0.3) is 0 Å². The zero-order valence-electron chi connectivity index (χ0n) is 11.8. The Balaban J connectivity index is 2.36. The van der Waals surface area contributed by atoms with Crippen LogP contribution >= 0.6 is 0 Å². The van der Waals surface area contributed by atoms with E-state index in [1.807, 2.05) is 26.0 Å². The first-order valence-electron chi connectivity index (χ1n) is 6.50. The summed E-state index contributed by atoms with van der Waals surface area (Å²) in [6.07, 6.45) is 0.518. The Hall–Kier alpha value is -1.39. The largest absolute Gasteiger partial charge is 0.491 e. The Morgan fingerprint density at radius 1 is 1.11 bits per heavy atom. The van der Waals surface area contributed by atoms with Crippen LogP contribution < -0.4 is 4.74 Å². The highest BCUT2D eigenvalue weighted by molar-refractivity contribution is 5.96. The van der Waals surface area contributed by atoms with E-state index in [1.54, 1.807) is 19.2 Å². The summed E-state index contributed by atoms with van der Waals surface area (Å²) in [6.45, 7) is 5.43. The Morgan fingerprint density at radius 2 is 1.79 bits per heavy atom. The second kappa shape index (κ2) is 8.67. The van der Waals surface area contributed by atoms with Gasteiger partial charge in [0.15, 0.2) is 5.78 Å². The highest BCUT2D eigenvalue weighted by Crippen LogP contribution is 2.14. The smallest absolute Gasteiger partial charge is 0.165 e. The second-order valence-electron chi connectivity index (χ2n) is 4.47. The number of hydrogen-bond acceptors (Lipinski definition) is 4. The maximum Gasteiger partial charge on any atom is 0.165 e. The number of hydrogen-bond donors (Lipinski definition) is 0. The highest BCUT2D eigenvalue weighted by Gasteiger charge is 2.06.